The lowest BCUT2D eigenvalue weighted by Gasteiger charge is -2.06. The Bertz CT molecular complexity index is 1210. The van der Waals surface area contributed by atoms with Crippen LogP contribution in [-0.2, 0) is 11.2 Å². The minimum absolute atomic E-state index is 0.0450. The van der Waals surface area contributed by atoms with Gasteiger partial charge in [-0.1, -0.05) is 54.2 Å². The fourth-order valence-electron chi connectivity index (χ4n) is 2.98. The third-order valence-corrected chi connectivity index (χ3v) is 5.37. The summed E-state index contributed by atoms with van der Waals surface area (Å²) in [5.41, 5.74) is 3.51. The number of non-ortho nitro benzene ring substituents is 1. The number of carbonyl (C=O) groups excluding carboxylic acids is 1. The zero-order valence-electron chi connectivity index (χ0n) is 16.8. The molecule has 0 atom stereocenters. The van der Waals surface area contributed by atoms with Crippen molar-refractivity contribution in [3.8, 4) is 11.1 Å². The lowest BCUT2D eigenvalue weighted by Crippen LogP contribution is -2.13. The van der Waals surface area contributed by atoms with Crippen LogP contribution in [0.3, 0.4) is 0 Å². The Balaban J connectivity index is 1.28. The van der Waals surface area contributed by atoms with Crippen LogP contribution in [0.15, 0.2) is 88.5 Å². The molecule has 1 N–H and O–H groups in total. The van der Waals surface area contributed by atoms with Gasteiger partial charge < -0.3 is 9.73 Å². The fourth-order valence-corrected chi connectivity index (χ4v) is 3.56. The lowest BCUT2D eigenvalue weighted by atomic mass is 10.1. The van der Waals surface area contributed by atoms with Crippen molar-refractivity contribution in [2.45, 2.75) is 11.6 Å². The van der Waals surface area contributed by atoms with Gasteiger partial charge in [-0.3, -0.25) is 14.9 Å². The fraction of sp³-hybridized carbons (Fsp3) is 0.0870. The highest BCUT2D eigenvalue weighted by molar-refractivity contribution is 7.99. The smallest absolute Gasteiger partial charge is 0.277 e. The summed E-state index contributed by atoms with van der Waals surface area (Å²) in [5, 5.41) is 21.9. The van der Waals surface area contributed by atoms with Crippen LogP contribution < -0.4 is 5.32 Å². The minimum atomic E-state index is -0.432. The standard InChI is InChI=1S/C23H18N4O4S/c28-21(15-32-23-26-25-22(31-23)14-16-4-2-1-3-5-16)24-19-10-6-17(7-11-19)18-8-12-20(13-9-18)27(29)30/h1-13H,14-15H2,(H,24,28). The van der Waals surface area contributed by atoms with E-state index in [1.165, 1.54) is 23.9 Å². The highest BCUT2D eigenvalue weighted by atomic mass is 32.2. The summed E-state index contributed by atoms with van der Waals surface area (Å²) in [5.74, 6) is 0.443. The third-order valence-electron chi connectivity index (χ3n) is 4.55. The number of amides is 1. The van der Waals surface area contributed by atoms with Crippen LogP contribution in [0.2, 0.25) is 0 Å². The Morgan fingerprint density at radius 3 is 2.25 bits per heavy atom. The number of aromatic nitrogens is 2. The first kappa shape index (κ1) is 21.3. The maximum absolute atomic E-state index is 12.3. The SMILES string of the molecule is O=C(CSc1nnc(Cc2ccccc2)o1)Nc1ccc(-c2ccc([N+](=O)[O-])cc2)cc1. The second-order valence-corrected chi connectivity index (χ2v) is 7.77. The monoisotopic (exact) mass is 446 g/mol. The van der Waals surface area contributed by atoms with Gasteiger partial charge in [-0.25, -0.2) is 0 Å². The molecule has 1 aromatic heterocycles. The van der Waals surface area contributed by atoms with Crippen LogP contribution >= 0.6 is 11.8 Å². The summed E-state index contributed by atoms with van der Waals surface area (Å²) in [7, 11) is 0. The van der Waals surface area contributed by atoms with Crippen LogP contribution in [0.5, 0.6) is 0 Å². The van der Waals surface area contributed by atoms with Gasteiger partial charge in [-0.15, -0.1) is 10.2 Å². The Labute approximate surface area is 187 Å². The Morgan fingerprint density at radius 1 is 0.938 bits per heavy atom. The van der Waals surface area contributed by atoms with E-state index in [1.54, 1.807) is 24.3 Å². The molecule has 1 heterocycles. The van der Waals surface area contributed by atoms with Crippen LogP contribution in [-0.4, -0.2) is 26.8 Å². The first-order valence-electron chi connectivity index (χ1n) is 9.71. The van der Waals surface area contributed by atoms with Gasteiger partial charge in [0.2, 0.25) is 11.8 Å². The highest BCUT2D eigenvalue weighted by Crippen LogP contribution is 2.24. The number of anilines is 1. The molecule has 1 amide bonds. The highest BCUT2D eigenvalue weighted by Gasteiger charge is 2.11. The second kappa shape index (κ2) is 9.88. The molecule has 0 spiro atoms. The van der Waals surface area contributed by atoms with Crippen LogP contribution in [0.25, 0.3) is 11.1 Å². The van der Waals surface area contributed by atoms with Crippen molar-refractivity contribution in [1.29, 1.82) is 0 Å². The van der Waals surface area contributed by atoms with E-state index >= 15 is 0 Å². The number of benzene rings is 3. The normalized spacial score (nSPS) is 10.6. The van der Waals surface area contributed by atoms with E-state index in [9.17, 15) is 14.9 Å². The summed E-state index contributed by atoms with van der Waals surface area (Å²) < 4.78 is 5.59. The molecule has 0 aliphatic heterocycles. The van der Waals surface area contributed by atoms with E-state index in [1.807, 2.05) is 42.5 Å². The van der Waals surface area contributed by atoms with E-state index in [2.05, 4.69) is 15.5 Å². The molecular weight excluding hydrogens is 428 g/mol. The van der Waals surface area contributed by atoms with Crippen molar-refractivity contribution in [2.24, 2.45) is 0 Å². The van der Waals surface area contributed by atoms with Crippen LogP contribution in [0.1, 0.15) is 11.5 Å². The van der Waals surface area contributed by atoms with Crippen molar-refractivity contribution >= 4 is 29.0 Å². The summed E-state index contributed by atoms with van der Waals surface area (Å²) in [4.78, 5) is 22.6. The molecule has 0 aliphatic rings. The number of thioether (sulfide) groups is 1. The van der Waals surface area contributed by atoms with Gasteiger partial charge in [0.25, 0.3) is 10.9 Å². The van der Waals surface area contributed by atoms with Gasteiger partial charge in [-0.2, -0.15) is 0 Å². The summed E-state index contributed by atoms with van der Waals surface area (Å²) in [6.45, 7) is 0. The number of nitrogens with zero attached hydrogens (tertiary/aromatic N) is 3. The number of rotatable bonds is 8. The van der Waals surface area contributed by atoms with Gasteiger partial charge in [0.15, 0.2) is 0 Å². The van der Waals surface area contributed by atoms with Gasteiger partial charge in [0.1, 0.15) is 0 Å². The molecule has 0 saturated heterocycles. The topological polar surface area (TPSA) is 111 Å². The molecule has 32 heavy (non-hydrogen) atoms. The first-order chi connectivity index (χ1) is 15.6. The Hall–Kier alpha value is -3.98. The predicted molar refractivity (Wildman–Crippen MR) is 121 cm³/mol. The van der Waals surface area contributed by atoms with Gasteiger partial charge in [0.05, 0.1) is 17.1 Å². The van der Waals surface area contributed by atoms with Crippen molar-refractivity contribution in [1.82, 2.24) is 10.2 Å². The average Bonchev–Trinajstić information content (AvgIpc) is 3.26. The van der Waals surface area contributed by atoms with Gasteiger partial charge in [0, 0.05) is 17.8 Å². The Morgan fingerprint density at radius 2 is 1.59 bits per heavy atom. The van der Waals surface area contributed by atoms with E-state index in [0.29, 0.717) is 23.2 Å². The van der Waals surface area contributed by atoms with Crippen molar-refractivity contribution in [3.63, 3.8) is 0 Å². The molecule has 0 saturated carbocycles. The van der Waals surface area contributed by atoms with Gasteiger partial charge in [-0.05, 0) is 41.0 Å². The molecular formula is C23H18N4O4S. The number of nitrogens with one attached hydrogen (secondary N) is 1. The summed E-state index contributed by atoms with van der Waals surface area (Å²) in [6.07, 6.45) is 0.543. The summed E-state index contributed by atoms with van der Waals surface area (Å²) in [6, 6.07) is 23.4. The Kier molecular flexibility index (Phi) is 6.57. The number of nitro groups is 1. The van der Waals surface area contributed by atoms with Crippen LogP contribution in [0.4, 0.5) is 11.4 Å². The molecule has 0 radical (unpaired) electrons. The first-order valence-corrected chi connectivity index (χ1v) is 10.7. The van der Waals surface area contributed by atoms with E-state index in [0.717, 1.165) is 16.7 Å². The molecule has 3 aromatic carbocycles. The molecule has 0 bridgehead atoms. The second-order valence-electron chi connectivity index (χ2n) is 6.84. The molecule has 9 heteroatoms. The average molecular weight is 446 g/mol. The van der Waals surface area contributed by atoms with Crippen molar-refractivity contribution in [2.75, 3.05) is 11.1 Å². The van der Waals surface area contributed by atoms with Crippen molar-refractivity contribution < 1.29 is 14.1 Å². The maximum Gasteiger partial charge on any atom is 0.277 e. The molecule has 160 valence electrons. The minimum Gasteiger partial charge on any atom is -0.416 e. The van der Waals surface area contributed by atoms with Crippen LogP contribution in [0, 0.1) is 10.1 Å². The quantitative estimate of drug-likeness (QED) is 0.231. The molecule has 4 rings (SSSR count). The van der Waals surface area contributed by atoms with E-state index < -0.39 is 4.92 Å². The zero-order valence-corrected chi connectivity index (χ0v) is 17.6. The molecule has 0 aliphatic carbocycles. The number of hydrogen-bond acceptors (Lipinski definition) is 7. The number of hydrogen-bond donors (Lipinski definition) is 1. The third kappa shape index (κ3) is 5.58. The largest absolute Gasteiger partial charge is 0.416 e. The number of carbonyl (C=O) groups is 1. The maximum atomic E-state index is 12.3. The van der Waals surface area contributed by atoms with Gasteiger partial charge >= 0.3 is 0 Å². The van der Waals surface area contributed by atoms with Crippen molar-refractivity contribution in [3.05, 3.63) is 100 Å². The predicted octanol–water partition coefficient (Wildman–Crippen LogP) is 4.97. The van der Waals surface area contributed by atoms with E-state index in [4.69, 9.17) is 4.42 Å². The summed E-state index contributed by atoms with van der Waals surface area (Å²) >= 11 is 1.18. The lowest BCUT2D eigenvalue weighted by molar-refractivity contribution is -0.384. The molecule has 0 unspecified atom stereocenters. The molecule has 4 aromatic rings. The number of nitro benzene ring substituents is 1. The molecule has 8 nitrogen and oxygen atoms in total. The zero-order chi connectivity index (χ0) is 22.3. The molecule has 0 fully saturated rings. The van der Waals surface area contributed by atoms with E-state index in [-0.39, 0.29) is 17.3 Å².